The second-order valence-electron chi connectivity index (χ2n) is 9.89. The standard InChI is InChI=1S/C30H33N5O2S/c1-20-17-21(2)31-27(18-20)35-13-6-12-34(14-15-35)24-10-8-23(9-11-24)32-30(37)29(36)28-25(19-22(3)33(28)4)26-7-5-16-38-26/h5,7-11,16-19H,6,12-15H2,1-4H3,(H,32,37). The number of hydrogen-bond acceptors (Lipinski definition) is 6. The number of carbonyl (C=O) groups is 2. The van der Waals surface area contributed by atoms with Crippen LogP contribution in [0.15, 0.2) is 60.0 Å². The lowest BCUT2D eigenvalue weighted by molar-refractivity contribution is -0.112. The van der Waals surface area contributed by atoms with Crippen molar-refractivity contribution in [3.63, 3.8) is 0 Å². The van der Waals surface area contributed by atoms with Gasteiger partial charge in [0.2, 0.25) is 0 Å². The first kappa shape index (κ1) is 25.7. The van der Waals surface area contributed by atoms with Gasteiger partial charge in [-0.3, -0.25) is 9.59 Å². The van der Waals surface area contributed by atoms with Gasteiger partial charge in [-0.15, -0.1) is 11.3 Å². The topological polar surface area (TPSA) is 70.5 Å². The maximum absolute atomic E-state index is 13.2. The van der Waals surface area contributed by atoms with Crippen LogP contribution in [-0.2, 0) is 11.8 Å². The highest BCUT2D eigenvalue weighted by Gasteiger charge is 2.25. The average molecular weight is 528 g/mol. The van der Waals surface area contributed by atoms with E-state index in [0.29, 0.717) is 11.4 Å². The van der Waals surface area contributed by atoms with Crippen molar-refractivity contribution in [1.29, 1.82) is 0 Å². The lowest BCUT2D eigenvalue weighted by atomic mass is 10.1. The molecule has 5 rings (SSSR count). The van der Waals surface area contributed by atoms with Gasteiger partial charge in [0.25, 0.3) is 11.7 Å². The minimum absolute atomic E-state index is 0.409. The van der Waals surface area contributed by atoms with E-state index < -0.39 is 11.7 Å². The Labute approximate surface area is 227 Å². The summed E-state index contributed by atoms with van der Waals surface area (Å²) in [6.07, 6.45) is 1.03. The zero-order valence-electron chi connectivity index (χ0n) is 22.3. The Kier molecular flexibility index (Phi) is 7.33. The number of carbonyl (C=O) groups excluding carboxylic acids is 2. The molecule has 1 N–H and O–H groups in total. The maximum Gasteiger partial charge on any atom is 0.298 e. The molecule has 0 unspecified atom stereocenters. The molecule has 8 heteroatoms. The predicted molar refractivity (Wildman–Crippen MR) is 156 cm³/mol. The van der Waals surface area contributed by atoms with Crippen molar-refractivity contribution >= 4 is 40.2 Å². The fraction of sp³-hybridized carbons (Fsp3) is 0.300. The Hall–Kier alpha value is -3.91. The number of pyridine rings is 1. The van der Waals surface area contributed by atoms with Crippen LogP contribution in [0, 0.1) is 20.8 Å². The fourth-order valence-corrected chi connectivity index (χ4v) is 5.81. The van der Waals surface area contributed by atoms with Gasteiger partial charge >= 0.3 is 0 Å². The van der Waals surface area contributed by atoms with Crippen LogP contribution in [0.2, 0.25) is 0 Å². The molecular formula is C30H33N5O2S. The third-order valence-corrected chi connectivity index (χ3v) is 7.98. The first-order valence-corrected chi connectivity index (χ1v) is 13.8. The SMILES string of the molecule is Cc1cc(C)nc(N2CCCN(c3ccc(NC(=O)C(=O)c4c(-c5cccs5)cc(C)n4C)cc3)CC2)c1. The van der Waals surface area contributed by atoms with Gasteiger partial charge in [-0.1, -0.05) is 6.07 Å². The van der Waals surface area contributed by atoms with Crippen molar-refractivity contribution in [3.8, 4) is 10.4 Å². The van der Waals surface area contributed by atoms with Gasteiger partial charge in [-0.05, 0) is 86.7 Å². The second-order valence-corrected chi connectivity index (χ2v) is 10.8. The zero-order chi connectivity index (χ0) is 26.8. The van der Waals surface area contributed by atoms with Crippen LogP contribution in [-0.4, -0.2) is 47.4 Å². The molecule has 0 aliphatic carbocycles. The molecule has 0 bridgehead atoms. The Balaban J connectivity index is 1.25. The average Bonchev–Trinajstić information content (AvgIpc) is 3.44. The molecule has 4 heterocycles. The van der Waals surface area contributed by atoms with Gasteiger partial charge in [-0.25, -0.2) is 4.98 Å². The summed E-state index contributed by atoms with van der Waals surface area (Å²) >= 11 is 1.55. The number of ketones is 1. The molecule has 196 valence electrons. The molecule has 3 aromatic heterocycles. The minimum Gasteiger partial charge on any atom is -0.370 e. The van der Waals surface area contributed by atoms with E-state index in [4.69, 9.17) is 4.98 Å². The number of aryl methyl sites for hydroxylation is 3. The van der Waals surface area contributed by atoms with Crippen LogP contribution in [0.3, 0.4) is 0 Å². The molecule has 38 heavy (non-hydrogen) atoms. The van der Waals surface area contributed by atoms with Crippen LogP contribution in [0.4, 0.5) is 17.2 Å². The number of aromatic nitrogens is 2. The van der Waals surface area contributed by atoms with Crippen LogP contribution < -0.4 is 15.1 Å². The van der Waals surface area contributed by atoms with Crippen molar-refractivity contribution in [2.24, 2.45) is 7.05 Å². The molecule has 4 aromatic rings. The van der Waals surface area contributed by atoms with Crippen molar-refractivity contribution in [2.45, 2.75) is 27.2 Å². The number of Topliss-reactive ketones (excluding diaryl/α,β-unsaturated/α-hetero) is 1. The summed E-state index contributed by atoms with van der Waals surface area (Å²) in [5, 5.41) is 4.77. The lowest BCUT2D eigenvalue weighted by Crippen LogP contribution is -2.31. The number of hydrogen-bond donors (Lipinski definition) is 1. The quantitative estimate of drug-likeness (QED) is 0.261. The highest BCUT2D eigenvalue weighted by atomic mass is 32.1. The zero-order valence-corrected chi connectivity index (χ0v) is 23.1. The molecule has 1 fully saturated rings. The summed E-state index contributed by atoms with van der Waals surface area (Å²) in [6.45, 7) is 9.78. The minimum atomic E-state index is -0.636. The number of anilines is 3. The number of thiophene rings is 1. The molecule has 1 aliphatic heterocycles. The fourth-order valence-electron chi connectivity index (χ4n) is 5.06. The number of amides is 1. The Morgan fingerprint density at radius 3 is 2.37 bits per heavy atom. The summed E-state index contributed by atoms with van der Waals surface area (Å²) in [7, 11) is 1.82. The summed E-state index contributed by atoms with van der Waals surface area (Å²) in [5.74, 6) is -0.133. The van der Waals surface area contributed by atoms with E-state index in [-0.39, 0.29) is 0 Å². The molecule has 0 saturated carbocycles. The van der Waals surface area contributed by atoms with Crippen molar-refractivity contribution in [3.05, 3.63) is 82.6 Å². The molecule has 0 radical (unpaired) electrons. The Morgan fingerprint density at radius 1 is 0.921 bits per heavy atom. The predicted octanol–water partition coefficient (Wildman–Crippen LogP) is 5.61. The van der Waals surface area contributed by atoms with Gasteiger partial charge in [0.05, 0.1) is 0 Å². The number of nitrogens with one attached hydrogen (secondary N) is 1. The molecule has 1 aliphatic rings. The largest absolute Gasteiger partial charge is 0.370 e. The molecule has 1 aromatic carbocycles. The summed E-state index contributed by atoms with van der Waals surface area (Å²) in [5.41, 5.74) is 6.11. The first-order chi connectivity index (χ1) is 18.3. The molecule has 0 atom stereocenters. The second kappa shape index (κ2) is 10.8. The van der Waals surface area contributed by atoms with E-state index in [0.717, 1.165) is 65.9 Å². The number of rotatable bonds is 6. The lowest BCUT2D eigenvalue weighted by Gasteiger charge is -2.24. The third-order valence-electron chi connectivity index (χ3n) is 7.08. The first-order valence-electron chi connectivity index (χ1n) is 12.9. The normalized spacial score (nSPS) is 13.9. The summed E-state index contributed by atoms with van der Waals surface area (Å²) < 4.78 is 1.79. The number of nitrogens with zero attached hydrogens (tertiary/aromatic N) is 4. The van der Waals surface area contributed by atoms with E-state index in [1.165, 1.54) is 5.56 Å². The van der Waals surface area contributed by atoms with Crippen molar-refractivity contribution in [1.82, 2.24) is 9.55 Å². The smallest absolute Gasteiger partial charge is 0.298 e. The van der Waals surface area contributed by atoms with E-state index in [9.17, 15) is 9.59 Å². The Morgan fingerprint density at radius 2 is 1.66 bits per heavy atom. The van der Waals surface area contributed by atoms with Gasteiger partial charge in [-0.2, -0.15) is 0 Å². The van der Waals surface area contributed by atoms with Crippen molar-refractivity contribution in [2.75, 3.05) is 41.3 Å². The molecule has 1 amide bonds. The van der Waals surface area contributed by atoms with E-state index in [1.54, 1.807) is 15.9 Å². The molecule has 7 nitrogen and oxygen atoms in total. The number of benzene rings is 1. The molecular weight excluding hydrogens is 494 g/mol. The van der Waals surface area contributed by atoms with Crippen molar-refractivity contribution < 1.29 is 9.59 Å². The van der Waals surface area contributed by atoms with Crippen LogP contribution in [0.5, 0.6) is 0 Å². The summed E-state index contributed by atoms with van der Waals surface area (Å²) in [4.78, 5) is 36.6. The van der Waals surface area contributed by atoms with Crippen LogP contribution in [0.25, 0.3) is 10.4 Å². The molecule has 1 saturated heterocycles. The molecule has 0 spiro atoms. The van der Waals surface area contributed by atoms with Gasteiger partial charge in [0.1, 0.15) is 11.5 Å². The highest BCUT2D eigenvalue weighted by Crippen LogP contribution is 2.31. The third kappa shape index (κ3) is 5.36. The monoisotopic (exact) mass is 527 g/mol. The highest BCUT2D eigenvalue weighted by molar-refractivity contribution is 7.13. The van der Waals surface area contributed by atoms with Gasteiger partial charge in [0, 0.05) is 66.4 Å². The van der Waals surface area contributed by atoms with Crippen LogP contribution in [0.1, 0.15) is 33.9 Å². The maximum atomic E-state index is 13.2. The summed E-state index contributed by atoms with van der Waals surface area (Å²) in [6, 6.07) is 17.9. The van der Waals surface area contributed by atoms with Gasteiger partial charge < -0.3 is 19.7 Å². The van der Waals surface area contributed by atoms with E-state index in [1.807, 2.05) is 68.7 Å². The van der Waals surface area contributed by atoms with E-state index >= 15 is 0 Å². The van der Waals surface area contributed by atoms with Crippen LogP contribution >= 0.6 is 11.3 Å². The Bertz CT molecular complexity index is 1440. The van der Waals surface area contributed by atoms with E-state index in [2.05, 4.69) is 34.2 Å². The van der Waals surface area contributed by atoms with Gasteiger partial charge in [0.15, 0.2) is 0 Å².